The average Bonchev–Trinajstić information content (AvgIpc) is 2.37. The van der Waals surface area contributed by atoms with Crippen molar-refractivity contribution in [1.82, 2.24) is 10.2 Å². The van der Waals surface area contributed by atoms with E-state index >= 15 is 0 Å². The second-order valence-electron chi connectivity index (χ2n) is 6.22. The van der Waals surface area contributed by atoms with E-state index in [1.165, 1.54) is 0 Å². The zero-order chi connectivity index (χ0) is 14.4. The van der Waals surface area contributed by atoms with Gasteiger partial charge in [-0.25, -0.2) is 0 Å². The molecule has 2 N–H and O–H groups in total. The lowest BCUT2D eigenvalue weighted by Gasteiger charge is -2.39. The van der Waals surface area contributed by atoms with Crippen LogP contribution in [-0.2, 0) is 4.79 Å². The van der Waals surface area contributed by atoms with E-state index in [4.69, 9.17) is 0 Å². The van der Waals surface area contributed by atoms with Crippen LogP contribution in [0, 0.1) is 11.8 Å². The Labute approximate surface area is 117 Å². The van der Waals surface area contributed by atoms with Gasteiger partial charge in [-0.1, -0.05) is 20.8 Å². The normalized spacial score (nSPS) is 25.7. The fraction of sp³-hybridized carbons (Fsp3) is 0.933. The second kappa shape index (κ2) is 7.85. The van der Waals surface area contributed by atoms with Crippen molar-refractivity contribution in [3.05, 3.63) is 0 Å². The molecule has 0 aromatic heterocycles. The van der Waals surface area contributed by atoms with E-state index in [0.29, 0.717) is 24.9 Å². The summed E-state index contributed by atoms with van der Waals surface area (Å²) in [4.78, 5) is 13.8. The average molecular weight is 270 g/mol. The molecule has 1 aliphatic rings. The molecule has 4 nitrogen and oxygen atoms in total. The van der Waals surface area contributed by atoms with E-state index in [1.54, 1.807) is 0 Å². The second-order valence-corrected chi connectivity index (χ2v) is 6.22. The summed E-state index contributed by atoms with van der Waals surface area (Å²) in [7, 11) is 0. The van der Waals surface area contributed by atoms with Gasteiger partial charge in [-0.3, -0.25) is 4.79 Å². The van der Waals surface area contributed by atoms with E-state index in [1.807, 2.05) is 18.7 Å². The Morgan fingerprint density at radius 1 is 1.37 bits per heavy atom. The highest BCUT2D eigenvalue weighted by Gasteiger charge is 2.31. The summed E-state index contributed by atoms with van der Waals surface area (Å²) >= 11 is 0. The van der Waals surface area contributed by atoms with Gasteiger partial charge in [0.25, 0.3) is 0 Å². The van der Waals surface area contributed by atoms with Crippen molar-refractivity contribution in [3.63, 3.8) is 0 Å². The predicted octanol–water partition coefficient (Wildman–Crippen LogP) is 1.63. The molecular weight excluding hydrogens is 240 g/mol. The van der Waals surface area contributed by atoms with Crippen molar-refractivity contribution in [2.24, 2.45) is 11.8 Å². The van der Waals surface area contributed by atoms with Gasteiger partial charge in [0.15, 0.2) is 0 Å². The Kier molecular flexibility index (Phi) is 6.80. The molecule has 0 bridgehead atoms. The van der Waals surface area contributed by atoms with Crippen LogP contribution < -0.4 is 5.32 Å². The zero-order valence-electron chi connectivity index (χ0n) is 12.9. The molecule has 1 amide bonds. The van der Waals surface area contributed by atoms with Crippen LogP contribution in [0.3, 0.4) is 0 Å². The maximum atomic E-state index is 11.9. The van der Waals surface area contributed by atoms with Gasteiger partial charge in [0, 0.05) is 31.5 Å². The Morgan fingerprint density at radius 3 is 2.58 bits per heavy atom. The van der Waals surface area contributed by atoms with E-state index < -0.39 is 0 Å². The van der Waals surface area contributed by atoms with Crippen molar-refractivity contribution in [3.8, 4) is 0 Å². The van der Waals surface area contributed by atoms with Gasteiger partial charge in [0.2, 0.25) is 5.91 Å². The molecule has 0 aromatic rings. The van der Waals surface area contributed by atoms with E-state index in [2.05, 4.69) is 19.2 Å². The number of carbonyl (C=O) groups excluding carboxylic acids is 1. The fourth-order valence-corrected chi connectivity index (χ4v) is 2.64. The lowest BCUT2D eigenvalue weighted by atomic mass is 9.90. The third-order valence-corrected chi connectivity index (χ3v) is 3.98. The number of likely N-dealkylation sites (tertiary alicyclic amines) is 1. The van der Waals surface area contributed by atoms with Crippen LogP contribution in [0.25, 0.3) is 0 Å². The van der Waals surface area contributed by atoms with Crippen LogP contribution >= 0.6 is 0 Å². The smallest absolute Gasteiger partial charge is 0.222 e. The highest BCUT2D eigenvalue weighted by Crippen LogP contribution is 2.21. The number of piperidine rings is 1. The Hall–Kier alpha value is -0.610. The topological polar surface area (TPSA) is 52.6 Å². The molecule has 3 atom stereocenters. The van der Waals surface area contributed by atoms with Gasteiger partial charge in [-0.2, -0.15) is 0 Å². The molecule has 19 heavy (non-hydrogen) atoms. The number of nitrogens with one attached hydrogen (secondary N) is 1. The number of rotatable bonds is 6. The zero-order valence-corrected chi connectivity index (χ0v) is 12.9. The van der Waals surface area contributed by atoms with Crippen LogP contribution in [0.15, 0.2) is 0 Å². The minimum Gasteiger partial charge on any atom is -0.393 e. The minimum atomic E-state index is -0.346. The van der Waals surface area contributed by atoms with Crippen molar-refractivity contribution in [2.75, 3.05) is 19.6 Å². The quantitative estimate of drug-likeness (QED) is 0.771. The number of carbonyl (C=O) groups is 1. The maximum Gasteiger partial charge on any atom is 0.222 e. The highest BCUT2D eigenvalue weighted by atomic mass is 16.3. The standard InChI is InChI=1S/C15H30N2O2/c1-5-15(19)17-9-13(12(4)18)8-14(10-17)16-7-6-11(2)3/h11-14,16,18H,5-10H2,1-4H3. The number of hydrogen-bond acceptors (Lipinski definition) is 3. The first kappa shape index (κ1) is 16.4. The highest BCUT2D eigenvalue weighted by molar-refractivity contribution is 5.76. The lowest BCUT2D eigenvalue weighted by Crippen LogP contribution is -2.53. The molecule has 0 aromatic carbocycles. The Bertz CT molecular complexity index is 279. The predicted molar refractivity (Wildman–Crippen MR) is 77.9 cm³/mol. The van der Waals surface area contributed by atoms with Gasteiger partial charge in [-0.15, -0.1) is 0 Å². The van der Waals surface area contributed by atoms with Crippen molar-refractivity contribution in [1.29, 1.82) is 0 Å². The molecule has 0 aliphatic carbocycles. The first-order valence-corrected chi connectivity index (χ1v) is 7.63. The molecule has 4 heteroatoms. The van der Waals surface area contributed by atoms with E-state index in [0.717, 1.165) is 25.9 Å². The van der Waals surface area contributed by atoms with Gasteiger partial charge in [0.1, 0.15) is 0 Å². The molecule has 0 radical (unpaired) electrons. The third-order valence-electron chi connectivity index (χ3n) is 3.98. The summed E-state index contributed by atoms with van der Waals surface area (Å²) < 4.78 is 0. The monoisotopic (exact) mass is 270 g/mol. The van der Waals surface area contributed by atoms with Crippen LogP contribution in [0.1, 0.15) is 47.0 Å². The summed E-state index contributed by atoms with van der Waals surface area (Å²) in [5.74, 6) is 1.08. The first-order valence-electron chi connectivity index (χ1n) is 7.63. The number of hydrogen-bond donors (Lipinski definition) is 2. The SMILES string of the molecule is CCC(=O)N1CC(NCCC(C)C)CC(C(C)O)C1. The first-order chi connectivity index (χ1) is 8.93. The molecule has 1 saturated heterocycles. The summed E-state index contributed by atoms with van der Waals surface area (Å²) in [5, 5.41) is 13.4. The Morgan fingerprint density at radius 2 is 2.05 bits per heavy atom. The number of aliphatic hydroxyl groups is 1. The fourth-order valence-electron chi connectivity index (χ4n) is 2.64. The van der Waals surface area contributed by atoms with Crippen LogP contribution in [0.5, 0.6) is 0 Å². The largest absolute Gasteiger partial charge is 0.393 e. The number of amides is 1. The molecule has 1 rings (SSSR count). The summed E-state index contributed by atoms with van der Waals surface area (Å²) in [6, 6.07) is 0.322. The van der Waals surface area contributed by atoms with Crippen molar-refractivity contribution < 1.29 is 9.90 Å². The molecule has 112 valence electrons. The molecule has 1 fully saturated rings. The molecule has 3 unspecified atom stereocenters. The number of aliphatic hydroxyl groups excluding tert-OH is 1. The lowest BCUT2D eigenvalue weighted by molar-refractivity contribution is -0.134. The van der Waals surface area contributed by atoms with Gasteiger partial charge in [-0.05, 0) is 32.2 Å². The van der Waals surface area contributed by atoms with E-state index in [9.17, 15) is 9.90 Å². The molecular formula is C15H30N2O2. The third kappa shape index (κ3) is 5.49. The molecule has 1 heterocycles. The van der Waals surface area contributed by atoms with Gasteiger partial charge in [0.05, 0.1) is 6.10 Å². The van der Waals surface area contributed by atoms with Crippen LogP contribution in [0.2, 0.25) is 0 Å². The Balaban J connectivity index is 2.52. The van der Waals surface area contributed by atoms with Crippen LogP contribution in [0.4, 0.5) is 0 Å². The minimum absolute atomic E-state index is 0.195. The van der Waals surface area contributed by atoms with Gasteiger partial charge >= 0.3 is 0 Å². The van der Waals surface area contributed by atoms with E-state index in [-0.39, 0.29) is 17.9 Å². The number of nitrogens with zero attached hydrogens (tertiary/aromatic N) is 1. The summed E-state index contributed by atoms with van der Waals surface area (Å²) in [6.45, 7) is 10.6. The summed E-state index contributed by atoms with van der Waals surface area (Å²) in [5.41, 5.74) is 0. The maximum absolute atomic E-state index is 11.9. The molecule has 1 aliphatic heterocycles. The molecule has 0 spiro atoms. The van der Waals surface area contributed by atoms with Crippen molar-refractivity contribution in [2.45, 2.75) is 59.1 Å². The van der Waals surface area contributed by atoms with Crippen molar-refractivity contribution >= 4 is 5.91 Å². The van der Waals surface area contributed by atoms with Crippen LogP contribution in [-0.4, -0.2) is 47.7 Å². The van der Waals surface area contributed by atoms with Gasteiger partial charge < -0.3 is 15.3 Å². The summed E-state index contributed by atoms with van der Waals surface area (Å²) in [6.07, 6.45) is 2.31. The molecule has 0 saturated carbocycles.